The number of amides is 2. The van der Waals surface area contributed by atoms with Gasteiger partial charge >= 0.3 is 6.03 Å². The van der Waals surface area contributed by atoms with Crippen LogP contribution in [0.5, 0.6) is 5.75 Å². The van der Waals surface area contributed by atoms with Crippen LogP contribution in [0.25, 0.3) is 0 Å². The molecule has 2 aliphatic rings. The number of urea groups is 1. The summed E-state index contributed by atoms with van der Waals surface area (Å²) in [5, 5.41) is 3.76. The molecule has 6 nitrogen and oxygen atoms in total. The highest BCUT2D eigenvalue weighted by Gasteiger charge is 2.21. The van der Waals surface area contributed by atoms with E-state index in [0.717, 1.165) is 50.6 Å². The fraction of sp³-hybridized carbons (Fsp3) is 0.611. The van der Waals surface area contributed by atoms with E-state index in [1.807, 2.05) is 18.2 Å². The van der Waals surface area contributed by atoms with E-state index >= 15 is 0 Å². The predicted octanol–water partition coefficient (Wildman–Crippen LogP) is 2.35. The molecule has 138 valence electrons. The normalized spacial score (nSPS) is 19.5. The summed E-state index contributed by atoms with van der Waals surface area (Å²) >= 11 is 6.07. The molecule has 7 heteroatoms. The van der Waals surface area contributed by atoms with Crippen molar-refractivity contribution in [3.63, 3.8) is 0 Å². The minimum atomic E-state index is -0.0501. The van der Waals surface area contributed by atoms with Gasteiger partial charge in [0.25, 0.3) is 0 Å². The first-order valence-corrected chi connectivity index (χ1v) is 9.26. The SMILES string of the molecule is C[C@@H](CCN1CCOCC1)NC(=O)N1CCOc2ccc(Cl)cc2C1. The van der Waals surface area contributed by atoms with E-state index in [2.05, 4.69) is 17.1 Å². The van der Waals surface area contributed by atoms with Crippen molar-refractivity contribution in [1.29, 1.82) is 0 Å². The van der Waals surface area contributed by atoms with Crippen LogP contribution in [0.15, 0.2) is 18.2 Å². The lowest BCUT2D eigenvalue weighted by Gasteiger charge is -2.28. The molecule has 1 N–H and O–H groups in total. The zero-order valence-corrected chi connectivity index (χ0v) is 15.4. The summed E-state index contributed by atoms with van der Waals surface area (Å²) in [7, 11) is 0. The number of rotatable bonds is 4. The largest absolute Gasteiger partial charge is 0.491 e. The van der Waals surface area contributed by atoms with E-state index in [1.165, 1.54) is 0 Å². The zero-order valence-electron chi connectivity index (χ0n) is 14.7. The van der Waals surface area contributed by atoms with E-state index < -0.39 is 0 Å². The Bertz CT molecular complexity index is 593. The summed E-state index contributed by atoms with van der Waals surface area (Å²) in [6.07, 6.45) is 0.929. The number of hydrogen-bond donors (Lipinski definition) is 1. The second kappa shape index (κ2) is 8.74. The van der Waals surface area contributed by atoms with Gasteiger partial charge in [-0.25, -0.2) is 4.79 Å². The third-order valence-electron chi connectivity index (χ3n) is 4.64. The van der Waals surface area contributed by atoms with E-state index in [-0.39, 0.29) is 12.1 Å². The van der Waals surface area contributed by atoms with Gasteiger partial charge in [0.05, 0.1) is 26.3 Å². The summed E-state index contributed by atoms with van der Waals surface area (Å²) < 4.78 is 11.1. The molecule has 3 rings (SSSR count). The number of halogens is 1. The standard InChI is InChI=1S/C18H26ClN3O3/c1-14(4-5-21-6-9-24-10-7-21)20-18(23)22-8-11-25-17-3-2-16(19)12-15(17)13-22/h2-3,12,14H,4-11,13H2,1H3,(H,20,23)/t14-/m0/s1. The summed E-state index contributed by atoms with van der Waals surface area (Å²) in [5.41, 5.74) is 0.945. The van der Waals surface area contributed by atoms with Crippen LogP contribution >= 0.6 is 11.6 Å². The fourth-order valence-electron chi connectivity index (χ4n) is 3.11. The second-order valence-corrected chi connectivity index (χ2v) is 7.05. The number of morpholine rings is 1. The van der Waals surface area contributed by atoms with Gasteiger partial charge in [-0.15, -0.1) is 0 Å². The Balaban J connectivity index is 1.50. The van der Waals surface area contributed by atoms with Crippen LogP contribution in [0.3, 0.4) is 0 Å². The maximum atomic E-state index is 12.6. The van der Waals surface area contributed by atoms with Crippen LogP contribution in [-0.4, -0.2) is 67.9 Å². The number of carbonyl (C=O) groups excluding carboxylic acids is 1. The maximum Gasteiger partial charge on any atom is 0.318 e. The smallest absolute Gasteiger partial charge is 0.318 e. The first-order chi connectivity index (χ1) is 12.1. The molecule has 0 spiro atoms. The van der Waals surface area contributed by atoms with Crippen molar-refractivity contribution < 1.29 is 14.3 Å². The highest BCUT2D eigenvalue weighted by Crippen LogP contribution is 2.26. The van der Waals surface area contributed by atoms with Crippen molar-refractivity contribution in [3.8, 4) is 5.75 Å². The average Bonchev–Trinajstić information content (AvgIpc) is 2.83. The van der Waals surface area contributed by atoms with E-state index in [1.54, 1.807) is 4.90 Å². The van der Waals surface area contributed by atoms with Crippen LogP contribution < -0.4 is 10.1 Å². The Morgan fingerprint density at radius 1 is 1.28 bits per heavy atom. The van der Waals surface area contributed by atoms with Crippen molar-refractivity contribution in [1.82, 2.24) is 15.1 Å². The number of fused-ring (bicyclic) bond motifs is 1. The number of hydrogen-bond acceptors (Lipinski definition) is 4. The lowest BCUT2D eigenvalue weighted by molar-refractivity contribution is 0.0364. The van der Waals surface area contributed by atoms with Gasteiger partial charge < -0.3 is 19.7 Å². The molecule has 2 heterocycles. The van der Waals surface area contributed by atoms with Gasteiger partial charge in [-0.05, 0) is 31.5 Å². The number of benzene rings is 1. The minimum absolute atomic E-state index is 0.0501. The van der Waals surface area contributed by atoms with Crippen molar-refractivity contribution in [2.24, 2.45) is 0 Å². The molecule has 0 aliphatic carbocycles. The van der Waals surface area contributed by atoms with Gasteiger partial charge in [0, 0.05) is 36.3 Å². The highest BCUT2D eigenvalue weighted by molar-refractivity contribution is 6.30. The molecular weight excluding hydrogens is 342 g/mol. The topological polar surface area (TPSA) is 54.0 Å². The molecule has 1 atom stereocenters. The molecule has 1 saturated heterocycles. The van der Waals surface area contributed by atoms with Gasteiger partial charge in [0.1, 0.15) is 12.4 Å². The van der Waals surface area contributed by atoms with Crippen molar-refractivity contribution in [3.05, 3.63) is 28.8 Å². The molecule has 2 amide bonds. The van der Waals surface area contributed by atoms with Crippen LogP contribution in [0.1, 0.15) is 18.9 Å². The molecule has 1 aromatic carbocycles. The Morgan fingerprint density at radius 3 is 2.88 bits per heavy atom. The summed E-state index contributed by atoms with van der Waals surface area (Å²) in [5.74, 6) is 0.806. The Kier molecular flexibility index (Phi) is 6.39. The monoisotopic (exact) mass is 367 g/mol. The first-order valence-electron chi connectivity index (χ1n) is 8.88. The highest BCUT2D eigenvalue weighted by atomic mass is 35.5. The zero-order chi connectivity index (χ0) is 17.6. The van der Waals surface area contributed by atoms with Crippen molar-refractivity contribution in [2.75, 3.05) is 46.0 Å². The van der Waals surface area contributed by atoms with Gasteiger partial charge in [-0.1, -0.05) is 11.6 Å². The summed E-state index contributed by atoms with van der Waals surface area (Å²) in [6.45, 7) is 8.15. The van der Waals surface area contributed by atoms with Crippen LogP contribution in [0.4, 0.5) is 4.79 Å². The van der Waals surface area contributed by atoms with Gasteiger partial charge in [0.2, 0.25) is 0 Å². The lowest BCUT2D eigenvalue weighted by Crippen LogP contribution is -2.46. The fourth-order valence-corrected chi connectivity index (χ4v) is 3.31. The minimum Gasteiger partial charge on any atom is -0.491 e. The lowest BCUT2D eigenvalue weighted by atomic mass is 10.2. The number of ether oxygens (including phenoxy) is 2. The Morgan fingerprint density at radius 2 is 2.08 bits per heavy atom. The Hall–Kier alpha value is -1.50. The molecule has 0 bridgehead atoms. The van der Waals surface area contributed by atoms with Crippen molar-refractivity contribution >= 4 is 17.6 Å². The summed E-state index contributed by atoms with van der Waals surface area (Å²) in [6, 6.07) is 5.61. The molecule has 25 heavy (non-hydrogen) atoms. The van der Waals surface area contributed by atoms with Gasteiger partial charge in [-0.3, -0.25) is 4.90 Å². The summed E-state index contributed by atoms with van der Waals surface area (Å²) in [4.78, 5) is 16.8. The predicted molar refractivity (Wildman–Crippen MR) is 97.2 cm³/mol. The van der Waals surface area contributed by atoms with Gasteiger partial charge in [0.15, 0.2) is 0 Å². The molecule has 0 radical (unpaired) electrons. The molecule has 2 aliphatic heterocycles. The average molecular weight is 368 g/mol. The van der Waals surface area contributed by atoms with E-state index in [0.29, 0.717) is 24.7 Å². The molecule has 0 unspecified atom stereocenters. The number of nitrogens with zero attached hydrogens (tertiary/aromatic N) is 2. The quantitative estimate of drug-likeness (QED) is 0.887. The molecule has 1 aromatic rings. The number of nitrogens with one attached hydrogen (secondary N) is 1. The van der Waals surface area contributed by atoms with Gasteiger partial charge in [-0.2, -0.15) is 0 Å². The van der Waals surface area contributed by atoms with E-state index in [4.69, 9.17) is 21.1 Å². The van der Waals surface area contributed by atoms with Crippen LogP contribution in [-0.2, 0) is 11.3 Å². The molecule has 0 aromatic heterocycles. The third-order valence-corrected chi connectivity index (χ3v) is 4.88. The van der Waals surface area contributed by atoms with Crippen LogP contribution in [0.2, 0.25) is 5.02 Å². The molecule has 1 fully saturated rings. The molecule has 0 saturated carbocycles. The van der Waals surface area contributed by atoms with Crippen LogP contribution in [0, 0.1) is 0 Å². The maximum absolute atomic E-state index is 12.6. The Labute approximate surface area is 154 Å². The third kappa shape index (κ3) is 5.23. The van der Waals surface area contributed by atoms with E-state index in [9.17, 15) is 4.79 Å². The van der Waals surface area contributed by atoms with Crippen molar-refractivity contribution in [2.45, 2.75) is 25.9 Å². The number of carbonyl (C=O) groups is 1. The molecular formula is C18H26ClN3O3. The second-order valence-electron chi connectivity index (χ2n) is 6.62. The first kappa shape index (κ1) is 18.3.